The predicted molar refractivity (Wildman–Crippen MR) is 123 cm³/mol. The van der Waals surface area contributed by atoms with Crippen molar-refractivity contribution < 1.29 is 18.7 Å². The van der Waals surface area contributed by atoms with Crippen molar-refractivity contribution >= 4 is 27.7 Å². The van der Waals surface area contributed by atoms with Gasteiger partial charge in [-0.3, -0.25) is 9.59 Å². The van der Waals surface area contributed by atoms with Crippen LogP contribution in [0.25, 0.3) is 0 Å². The third-order valence-electron chi connectivity index (χ3n) is 5.19. The third kappa shape index (κ3) is 7.35. The lowest BCUT2D eigenvalue weighted by Gasteiger charge is -2.29. The fourth-order valence-corrected chi connectivity index (χ4v) is 3.48. The van der Waals surface area contributed by atoms with Gasteiger partial charge < -0.3 is 15.0 Å². The molecule has 0 saturated heterocycles. The molecule has 31 heavy (non-hydrogen) atoms. The van der Waals surface area contributed by atoms with Gasteiger partial charge in [0.25, 0.3) is 5.91 Å². The molecule has 7 heteroatoms. The lowest BCUT2D eigenvalue weighted by Crippen LogP contribution is -2.50. The summed E-state index contributed by atoms with van der Waals surface area (Å²) in [6.45, 7) is 7.60. The molecule has 2 atom stereocenters. The van der Waals surface area contributed by atoms with Crippen LogP contribution in [-0.4, -0.2) is 35.4 Å². The van der Waals surface area contributed by atoms with Crippen LogP contribution in [0.15, 0.2) is 46.9 Å². The Morgan fingerprint density at radius 1 is 1.10 bits per heavy atom. The van der Waals surface area contributed by atoms with Gasteiger partial charge in [-0.15, -0.1) is 0 Å². The van der Waals surface area contributed by atoms with Crippen molar-refractivity contribution in [1.29, 1.82) is 0 Å². The summed E-state index contributed by atoms with van der Waals surface area (Å²) in [4.78, 5) is 27.2. The number of halogens is 2. The van der Waals surface area contributed by atoms with E-state index < -0.39 is 6.04 Å². The first-order valence-corrected chi connectivity index (χ1v) is 11.3. The second-order valence-corrected chi connectivity index (χ2v) is 8.40. The number of nitrogens with one attached hydrogen (secondary N) is 1. The number of amides is 2. The molecule has 2 aromatic rings. The van der Waals surface area contributed by atoms with E-state index in [1.54, 1.807) is 19.1 Å². The summed E-state index contributed by atoms with van der Waals surface area (Å²) in [5.41, 5.74) is 1.88. The molecule has 0 aromatic heterocycles. The minimum atomic E-state index is -0.707. The highest BCUT2D eigenvalue weighted by Crippen LogP contribution is 2.26. The van der Waals surface area contributed by atoms with Gasteiger partial charge in [0.15, 0.2) is 6.61 Å². The number of carbonyl (C=O) groups excluding carboxylic acids is 2. The zero-order chi connectivity index (χ0) is 23.0. The number of rotatable bonds is 10. The van der Waals surface area contributed by atoms with Crippen LogP contribution in [-0.2, 0) is 22.6 Å². The van der Waals surface area contributed by atoms with Gasteiger partial charge >= 0.3 is 0 Å². The topological polar surface area (TPSA) is 58.6 Å². The van der Waals surface area contributed by atoms with Crippen LogP contribution in [0, 0.1) is 5.82 Å². The van der Waals surface area contributed by atoms with Crippen molar-refractivity contribution in [2.45, 2.75) is 59.2 Å². The molecule has 0 heterocycles. The number of aryl methyl sites for hydroxylation is 1. The Labute approximate surface area is 192 Å². The predicted octanol–water partition coefficient (Wildman–Crippen LogP) is 4.86. The summed E-state index contributed by atoms with van der Waals surface area (Å²) in [6.07, 6.45) is 1.68. The Bertz CT molecular complexity index is 889. The summed E-state index contributed by atoms with van der Waals surface area (Å²) in [5.74, 6) is -0.363. The number of nitrogens with zero attached hydrogens (tertiary/aromatic N) is 1. The number of carbonyl (C=O) groups is 2. The van der Waals surface area contributed by atoms with E-state index >= 15 is 0 Å². The summed E-state index contributed by atoms with van der Waals surface area (Å²) in [6, 6.07) is 10.9. The highest BCUT2D eigenvalue weighted by Gasteiger charge is 2.27. The van der Waals surface area contributed by atoms with Crippen molar-refractivity contribution in [3.8, 4) is 5.75 Å². The Balaban J connectivity index is 2.16. The van der Waals surface area contributed by atoms with E-state index in [-0.39, 0.29) is 36.8 Å². The van der Waals surface area contributed by atoms with Gasteiger partial charge in [-0.05, 0) is 78.0 Å². The Morgan fingerprint density at radius 2 is 1.74 bits per heavy atom. The van der Waals surface area contributed by atoms with E-state index in [2.05, 4.69) is 28.2 Å². The van der Waals surface area contributed by atoms with E-state index in [1.807, 2.05) is 32.0 Å². The molecular weight excluding hydrogens is 463 g/mol. The van der Waals surface area contributed by atoms with Crippen LogP contribution in [0.4, 0.5) is 4.39 Å². The van der Waals surface area contributed by atoms with E-state index in [9.17, 15) is 14.0 Å². The molecule has 0 aliphatic heterocycles. The van der Waals surface area contributed by atoms with E-state index in [0.717, 1.165) is 28.4 Å². The zero-order valence-electron chi connectivity index (χ0n) is 18.5. The Hall–Kier alpha value is -2.41. The molecular formula is C24H30BrFN2O3. The van der Waals surface area contributed by atoms with Gasteiger partial charge in [0, 0.05) is 12.6 Å². The molecule has 168 valence electrons. The highest BCUT2D eigenvalue weighted by atomic mass is 79.9. The third-order valence-corrected chi connectivity index (χ3v) is 5.81. The van der Waals surface area contributed by atoms with Gasteiger partial charge in [-0.1, -0.05) is 32.0 Å². The minimum Gasteiger partial charge on any atom is -0.483 e. The Morgan fingerprint density at radius 3 is 2.32 bits per heavy atom. The quantitative estimate of drug-likeness (QED) is 0.514. The molecule has 0 spiro atoms. The van der Waals surface area contributed by atoms with Crippen molar-refractivity contribution in [3.05, 3.63) is 63.9 Å². The fraction of sp³-hybridized carbons (Fsp3) is 0.417. The maximum Gasteiger partial charge on any atom is 0.261 e. The molecule has 0 aliphatic carbocycles. The molecule has 0 unspecified atom stereocenters. The van der Waals surface area contributed by atoms with Gasteiger partial charge in [-0.2, -0.15) is 0 Å². The number of hydrogen-bond acceptors (Lipinski definition) is 3. The van der Waals surface area contributed by atoms with E-state index in [1.165, 1.54) is 17.0 Å². The lowest BCUT2D eigenvalue weighted by molar-refractivity contribution is -0.142. The van der Waals surface area contributed by atoms with Crippen LogP contribution in [0.2, 0.25) is 0 Å². The molecule has 5 nitrogen and oxygen atoms in total. The highest BCUT2D eigenvalue weighted by molar-refractivity contribution is 9.10. The summed E-state index contributed by atoms with van der Waals surface area (Å²) in [5, 5.41) is 2.91. The first kappa shape index (κ1) is 24.9. The molecule has 2 aromatic carbocycles. The number of benzene rings is 2. The first-order chi connectivity index (χ1) is 14.7. The molecule has 0 aliphatic rings. The number of ether oxygens (including phenoxy) is 1. The molecule has 0 fully saturated rings. The second-order valence-electron chi connectivity index (χ2n) is 7.55. The van der Waals surface area contributed by atoms with Crippen LogP contribution in [0.1, 0.15) is 45.2 Å². The summed E-state index contributed by atoms with van der Waals surface area (Å²) < 4.78 is 19.8. The summed E-state index contributed by atoms with van der Waals surface area (Å²) in [7, 11) is 0. The van der Waals surface area contributed by atoms with Crippen molar-refractivity contribution in [3.63, 3.8) is 0 Å². The maximum absolute atomic E-state index is 13.3. The largest absolute Gasteiger partial charge is 0.483 e. The average Bonchev–Trinajstić information content (AvgIpc) is 2.76. The lowest BCUT2D eigenvalue weighted by atomic mass is 10.1. The van der Waals surface area contributed by atoms with Crippen molar-refractivity contribution in [2.75, 3.05) is 6.61 Å². The summed E-state index contributed by atoms with van der Waals surface area (Å²) >= 11 is 3.47. The molecule has 0 bridgehead atoms. The van der Waals surface area contributed by atoms with Crippen LogP contribution >= 0.6 is 15.9 Å². The minimum absolute atomic E-state index is 0.00186. The van der Waals surface area contributed by atoms with Gasteiger partial charge in [-0.25, -0.2) is 4.39 Å². The zero-order valence-corrected chi connectivity index (χ0v) is 20.0. The normalized spacial score (nSPS) is 12.7. The molecule has 2 amide bonds. The van der Waals surface area contributed by atoms with Gasteiger partial charge in [0.2, 0.25) is 5.91 Å². The van der Waals surface area contributed by atoms with Gasteiger partial charge in [0.05, 0.1) is 4.47 Å². The van der Waals surface area contributed by atoms with Gasteiger partial charge in [0.1, 0.15) is 17.6 Å². The monoisotopic (exact) mass is 492 g/mol. The second kappa shape index (κ2) is 11.8. The Kier molecular flexibility index (Phi) is 9.49. The van der Waals surface area contributed by atoms with Crippen molar-refractivity contribution in [1.82, 2.24) is 10.2 Å². The number of hydrogen-bond donors (Lipinski definition) is 1. The first-order valence-electron chi connectivity index (χ1n) is 10.5. The molecule has 2 rings (SSSR count). The fourth-order valence-electron chi connectivity index (χ4n) is 2.94. The molecule has 0 radical (unpaired) electrons. The van der Waals surface area contributed by atoms with E-state index in [4.69, 9.17) is 4.74 Å². The molecule has 1 N–H and O–H groups in total. The smallest absolute Gasteiger partial charge is 0.261 e. The maximum atomic E-state index is 13.3. The molecule has 0 saturated carbocycles. The van der Waals surface area contributed by atoms with Crippen molar-refractivity contribution in [2.24, 2.45) is 0 Å². The standard InChI is InChI=1S/C24H30BrFN2O3/c1-5-16(3)27-24(30)17(4)28(14-19-7-10-20(26)11-8-19)23(29)15-31-22-12-9-18(6-2)13-21(22)25/h7-13,16-17H,5-6,14-15H2,1-4H3,(H,27,30)/t16-,17+/m0/s1. The van der Waals surface area contributed by atoms with Crippen LogP contribution in [0.3, 0.4) is 0 Å². The average molecular weight is 493 g/mol. The van der Waals surface area contributed by atoms with E-state index in [0.29, 0.717) is 5.75 Å². The SMILES string of the molecule is CCc1ccc(OCC(=O)N(Cc2ccc(F)cc2)[C@H](C)C(=O)N[C@@H](C)CC)c(Br)c1. The van der Waals surface area contributed by atoms with Crippen LogP contribution in [0.5, 0.6) is 5.75 Å². The van der Waals surface area contributed by atoms with Crippen LogP contribution < -0.4 is 10.1 Å².